The molecule has 0 atom stereocenters. The molecule has 0 amide bonds. The van der Waals surface area contributed by atoms with Crippen molar-refractivity contribution in [3.63, 3.8) is 0 Å². The Morgan fingerprint density at radius 2 is 1.11 bits per heavy atom. The van der Waals surface area contributed by atoms with Gasteiger partial charge in [-0.2, -0.15) is 0 Å². The van der Waals surface area contributed by atoms with Crippen molar-refractivity contribution in [2.45, 2.75) is 19.3 Å². The average molecular weight is 676 g/mol. The molecule has 0 saturated heterocycles. The lowest BCUT2D eigenvalue weighted by atomic mass is 9.78. The third kappa shape index (κ3) is 4.37. The van der Waals surface area contributed by atoms with Gasteiger partial charge in [0.05, 0.1) is 22.2 Å². The number of fused-ring (bicyclic) bond motifs is 10. The van der Waals surface area contributed by atoms with E-state index in [0.29, 0.717) is 0 Å². The largest absolute Gasteiger partial charge is 0.254 e. The second kappa shape index (κ2) is 11.1. The molecular weight excluding hydrogens is 643 g/mol. The SMILES string of the molecule is CC1(C)c2ccccc2-c2nc3ccc4ccccc4c3c(-c3ccc(-c4ccc(-c5cnc6c(ccc7cccnc76)c5)c5ccccc45)cc3)c21. The Hall–Kier alpha value is -6.71. The highest BCUT2D eigenvalue weighted by molar-refractivity contribution is 6.16. The van der Waals surface area contributed by atoms with Crippen LogP contribution in [0.15, 0.2) is 164 Å². The summed E-state index contributed by atoms with van der Waals surface area (Å²) in [5.41, 5.74) is 14.8. The van der Waals surface area contributed by atoms with E-state index in [0.717, 1.165) is 38.6 Å². The second-order valence-electron chi connectivity index (χ2n) is 14.8. The van der Waals surface area contributed by atoms with E-state index in [2.05, 4.69) is 164 Å². The molecule has 3 heterocycles. The molecule has 0 spiro atoms. The van der Waals surface area contributed by atoms with E-state index < -0.39 is 0 Å². The second-order valence-corrected chi connectivity index (χ2v) is 14.8. The molecule has 1 aliphatic carbocycles. The summed E-state index contributed by atoms with van der Waals surface area (Å²) in [5, 5.41) is 8.30. The van der Waals surface area contributed by atoms with Gasteiger partial charge >= 0.3 is 0 Å². The zero-order valence-electron chi connectivity index (χ0n) is 29.4. The predicted molar refractivity (Wildman–Crippen MR) is 221 cm³/mol. The van der Waals surface area contributed by atoms with Crippen LogP contribution in [0.2, 0.25) is 0 Å². The molecule has 3 aromatic heterocycles. The first-order valence-corrected chi connectivity index (χ1v) is 18.3. The molecule has 1 aliphatic rings. The van der Waals surface area contributed by atoms with Gasteiger partial charge in [-0.1, -0.05) is 147 Å². The van der Waals surface area contributed by atoms with Crippen LogP contribution >= 0.6 is 0 Å². The summed E-state index contributed by atoms with van der Waals surface area (Å²) in [5.74, 6) is 0. The zero-order valence-corrected chi connectivity index (χ0v) is 29.4. The lowest BCUT2D eigenvalue weighted by Crippen LogP contribution is -2.16. The predicted octanol–water partition coefficient (Wildman–Crippen LogP) is 12.9. The molecule has 0 aliphatic heterocycles. The minimum absolute atomic E-state index is 0.203. The number of hydrogen-bond donors (Lipinski definition) is 0. The van der Waals surface area contributed by atoms with Crippen molar-refractivity contribution in [2.24, 2.45) is 0 Å². The summed E-state index contributed by atoms with van der Waals surface area (Å²) in [6.07, 6.45) is 3.83. The smallest absolute Gasteiger partial charge is 0.0964 e. The molecular formula is C50H33N3. The third-order valence-corrected chi connectivity index (χ3v) is 11.5. The van der Waals surface area contributed by atoms with E-state index in [1.165, 1.54) is 71.4 Å². The fraction of sp³-hybridized carbons (Fsp3) is 0.0600. The van der Waals surface area contributed by atoms with Crippen LogP contribution in [-0.4, -0.2) is 15.0 Å². The van der Waals surface area contributed by atoms with Gasteiger partial charge in [-0.3, -0.25) is 9.97 Å². The summed E-state index contributed by atoms with van der Waals surface area (Å²) in [7, 11) is 0. The molecule has 10 aromatic rings. The van der Waals surface area contributed by atoms with Gasteiger partial charge in [-0.15, -0.1) is 0 Å². The fourth-order valence-corrected chi connectivity index (χ4v) is 9.00. The topological polar surface area (TPSA) is 38.7 Å². The fourth-order valence-electron chi connectivity index (χ4n) is 9.00. The van der Waals surface area contributed by atoms with Gasteiger partial charge in [0, 0.05) is 45.1 Å². The van der Waals surface area contributed by atoms with Gasteiger partial charge in [-0.05, 0) is 78.7 Å². The molecule has 0 N–H and O–H groups in total. The molecule has 3 nitrogen and oxygen atoms in total. The minimum Gasteiger partial charge on any atom is -0.254 e. The first-order chi connectivity index (χ1) is 26.0. The van der Waals surface area contributed by atoms with E-state index >= 15 is 0 Å². The molecule has 0 fully saturated rings. The quantitative estimate of drug-likeness (QED) is 0.175. The summed E-state index contributed by atoms with van der Waals surface area (Å²) in [6.45, 7) is 4.71. The maximum Gasteiger partial charge on any atom is 0.0964 e. The zero-order chi connectivity index (χ0) is 35.3. The summed E-state index contributed by atoms with van der Waals surface area (Å²) in [4.78, 5) is 14.9. The van der Waals surface area contributed by atoms with E-state index in [-0.39, 0.29) is 5.41 Å². The first-order valence-electron chi connectivity index (χ1n) is 18.3. The molecule has 0 saturated carbocycles. The van der Waals surface area contributed by atoms with Crippen molar-refractivity contribution in [3.05, 3.63) is 175 Å². The molecule has 0 bridgehead atoms. The van der Waals surface area contributed by atoms with Gasteiger partial charge in [0.25, 0.3) is 0 Å². The van der Waals surface area contributed by atoms with Crippen molar-refractivity contribution in [1.29, 1.82) is 0 Å². The highest BCUT2D eigenvalue weighted by Crippen LogP contribution is 2.54. The molecule has 0 radical (unpaired) electrons. The van der Waals surface area contributed by atoms with E-state index in [1.54, 1.807) is 0 Å². The Bertz CT molecular complexity index is 3140. The molecule has 3 heteroatoms. The highest BCUT2D eigenvalue weighted by atomic mass is 14.7. The summed E-state index contributed by atoms with van der Waals surface area (Å²) < 4.78 is 0. The van der Waals surface area contributed by atoms with Gasteiger partial charge in [0.2, 0.25) is 0 Å². The van der Waals surface area contributed by atoms with E-state index in [9.17, 15) is 0 Å². The summed E-state index contributed by atoms with van der Waals surface area (Å²) >= 11 is 0. The average Bonchev–Trinajstić information content (AvgIpc) is 3.44. The van der Waals surface area contributed by atoms with Crippen LogP contribution < -0.4 is 0 Å². The number of pyridine rings is 3. The summed E-state index contributed by atoms with van der Waals surface area (Å²) in [6, 6.07) is 55.0. The maximum atomic E-state index is 5.38. The normalized spacial score (nSPS) is 13.2. The lowest BCUT2D eigenvalue weighted by molar-refractivity contribution is 0.662. The third-order valence-electron chi connectivity index (χ3n) is 11.5. The van der Waals surface area contributed by atoms with Crippen LogP contribution in [0.5, 0.6) is 0 Å². The van der Waals surface area contributed by atoms with Crippen LogP contribution in [0.25, 0.3) is 98.9 Å². The maximum absolute atomic E-state index is 5.38. The van der Waals surface area contributed by atoms with Crippen molar-refractivity contribution in [1.82, 2.24) is 15.0 Å². The highest BCUT2D eigenvalue weighted by Gasteiger charge is 2.39. The van der Waals surface area contributed by atoms with Crippen LogP contribution in [0.1, 0.15) is 25.0 Å². The van der Waals surface area contributed by atoms with Crippen LogP contribution in [0.3, 0.4) is 0 Å². The number of hydrogen-bond acceptors (Lipinski definition) is 3. The van der Waals surface area contributed by atoms with Gasteiger partial charge < -0.3 is 0 Å². The van der Waals surface area contributed by atoms with Crippen molar-refractivity contribution >= 4 is 54.3 Å². The Morgan fingerprint density at radius 1 is 0.472 bits per heavy atom. The van der Waals surface area contributed by atoms with Gasteiger partial charge in [-0.25, -0.2) is 4.98 Å². The molecule has 53 heavy (non-hydrogen) atoms. The molecule has 11 rings (SSSR count). The number of nitrogens with zero attached hydrogens (tertiary/aromatic N) is 3. The van der Waals surface area contributed by atoms with Crippen molar-refractivity contribution in [3.8, 4) is 44.6 Å². The lowest BCUT2D eigenvalue weighted by Gasteiger charge is -2.26. The number of rotatable bonds is 3. The molecule has 7 aromatic carbocycles. The Kier molecular flexibility index (Phi) is 6.30. The van der Waals surface area contributed by atoms with Gasteiger partial charge in [0.15, 0.2) is 0 Å². The van der Waals surface area contributed by atoms with E-state index in [4.69, 9.17) is 9.97 Å². The Balaban J connectivity index is 1.07. The number of benzene rings is 7. The van der Waals surface area contributed by atoms with Gasteiger partial charge in [0.1, 0.15) is 0 Å². The minimum atomic E-state index is -0.203. The van der Waals surface area contributed by atoms with Crippen LogP contribution in [0, 0.1) is 0 Å². The van der Waals surface area contributed by atoms with Crippen molar-refractivity contribution < 1.29 is 0 Å². The molecule has 0 unspecified atom stereocenters. The molecule has 248 valence electrons. The standard InChI is InChI=1S/C50H33N3/c1-50(2)42-16-8-7-15-41(42)49-46(50)44(45-38-12-4-3-10-30(38)23-26-43(45)53-49)32-19-17-31(18-20-32)36-24-25-37(40-14-6-5-13-39(36)40)35-28-34-22-21-33-11-9-27-51-47(33)48(34)52-29-35/h3-29H,1-2H3. The number of aromatic nitrogens is 3. The van der Waals surface area contributed by atoms with Crippen LogP contribution in [0.4, 0.5) is 0 Å². The van der Waals surface area contributed by atoms with E-state index in [1.807, 2.05) is 18.5 Å². The first kappa shape index (κ1) is 30.0. The van der Waals surface area contributed by atoms with Crippen molar-refractivity contribution in [2.75, 3.05) is 0 Å². The van der Waals surface area contributed by atoms with Crippen LogP contribution in [-0.2, 0) is 5.41 Å². The monoisotopic (exact) mass is 675 g/mol. The Labute approximate surface area is 307 Å². The Morgan fingerprint density at radius 3 is 1.94 bits per heavy atom.